The second-order valence-electron chi connectivity index (χ2n) is 35.0. The SMILES string of the molecule is C=CC1O[C@H](OC)C(C)[C@@H](C)[C@H]1C.CCC1OC(F)C(C)[C@@H](C)[C@H]1C.CCC1O[C@H](OC)C(C)[C@@H](C)[C@H]1C.CCCCCCCCCCCCCCCCCCCCCCCCCC(=O)N[C@@H](CO[C@H]1OC(CC)[C@H](O)[C@H](O)C1O)[C@H](O)[C@H](O)CCCCCCCCCCCCCC.CO[C@H]1OC(CO)[C@H](C)[C@H](C)C1C. The first kappa shape index (κ1) is 108. The van der Waals surface area contributed by atoms with Gasteiger partial charge in [0.2, 0.25) is 12.3 Å². The molecular formula is C93H182FNO16. The van der Waals surface area contributed by atoms with Gasteiger partial charge in [0.05, 0.1) is 55.9 Å². The van der Waals surface area contributed by atoms with Crippen LogP contribution in [-0.4, -0.2) is 170 Å². The maximum absolute atomic E-state index is 13.2. The van der Waals surface area contributed by atoms with Gasteiger partial charge in [-0.2, -0.15) is 0 Å². The van der Waals surface area contributed by atoms with Crippen molar-refractivity contribution in [1.29, 1.82) is 0 Å². The van der Waals surface area contributed by atoms with Crippen LogP contribution in [0.3, 0.4) is 0 Å². The highest BCUT2D eigenvalue weighted by molar-refractivity contribution is 5.76. The van der Waals surface area contributed by atoms with E-state index < -0.39 is 55.3 Å². The number of alkyl halides is 1. The van der Waals surface area contributed by atoms with Crippen LogP contribution in [0.25, 0.3) is 0 Å². The topological polar surface area (TPSA) is 234 Å². The molecule has 18 heteroatoms. The van der Waals surface area contributed by atoms with Crippen LogP contribution in [0.15, 0.2) is 12.7 Å². The van der Waals surface area contributed by atoms with Crippen LogP contribution < -0.4 is 5.32 Å². The zero-order valence-electron chi connectivity index (χ0n) is 75.3. The molecule has 662 valence electrons. The van der Waals surface area contributed by atoms with Gasteiger partial charge in [-0.1, -0.05) is 342 Å². The van der Waals surface area contributed by atoms with Crippen molar-refractivity contribution in [2.24, 2.45) is 71.0 Å². The molecule has 28 atom stereocenters. The summed E-state index contributed by atoms with van der Waals surface area (Å²) in [5.74, 6) is 5.48. The van der Waals surface area contributed by atoms with Crippen LogP contribution >= 0.6 is 0 Å². The summed E-state index contributed by atoms with van der Waals surface area (Å²) in [6, 6.07) is -0.922. The number of aliphatic hydroxyl groups is 6. The lowest BCUT2D eigenvalue weighted by atomic mass is 9.78. The fourth-order valence-corrected chi connectivity index (χ4v) is 16.9. The number of carbonyl (C=O) groups excluding carboxylic acids is 1. The highest BCUT2D eigenvalue weighted by atomic mass is 19.1. The molecule has 0 spiro atoms. The van der Waals surface area contributed by atoms with Crippen LogP contribution in [0.2, 0.25) is 0 Å². The van der Waals surface area contributed by atoms with E-state index in [1.165, 1.54) is 186 Å². The van der Waals surface area contributed by atoms with Crippen LogP contribution in [0, 0.1) is 71.0 Å². The second-order valence-corrected chi connectivity index (χ2v) is 35.0. The number of aliphatic hydroxyl groups excluding tert-OH is 6. The Morgan fingerprint density at radius 3 is 1.09 bits per heavy atom. The highest BCUT2D eigenvalue weighted by Crippen LogP contribution is 2.40. The largest absolute Gasteiger partial charge is 0.394 e. The van der Waals surface area contributed by atoms with E-state index in [9.17, 15) is 34.7 Å². The van der Waals surface area contributed by atoms with Crippen molar-refractivity contribution in [3.05, 3.63) is 12.7 Å². The van der Waals surface area contributed by atoms with Gasteiger partial charge in [-0.15, -0.1) is 6.58 Å². The molecule has 11 unspecified atom stereocenters. The highest BCUT2D eigenvalue weighted by Gasteiger charge is 2.45. The van der Waals surface area contributed by atoms with Crippen molar-refractivity contribution in [1.82, 2.24) is 5.32 Å². The second kappa shape index (κ2) is 65.4. The minimum absolute atomic E-state index is 0.00356. The molecule has 0 aromatic rings. The third kappa shape index (κ3) is 42.4. The predicted molar refractivity (Wildman–Crippen MR) is 454 cm³/mol. The number of nitrogens with one attached hydrogen (secondary N) is 1. The molecule has 1 amide bonds. The van der Waals surface area contributed by atoms with Crippen LogP contribution in [0.1, 0.15) is 375 Å². The lowest BCUT2D eigenvalue weighted by molar-refractivity contribution is -0.299. The molecule has 17 nitrogen and oxygen atoms in total. The van der Waals surface area contributed by atoms with Gasteiger partial charge >= 0.3 is 0 Å². The van der Waals surface area contributed by atoms with Crippen LogP contribution in [0.4, 0.5) is 4.39 Å². The summed E-state index contributed by atoms with van der Waals surface area (Å²) in [6.45, 7) is 40.3. The number of hydrogen-bond donors (Lipinski definition) is 7. The van der Waals surface area contributed by atoms with E-state index in [1.54, 1.807) is 28.3 Å². The summed E-state index contributed by atoms with van der Waals surface area (Å²) in [7, 11) is 5.08. The van der Waals surface area contributed by atoms with Crippen molar-refractivity contribution in [3.8, 4) is 0 Å². The zero-order valence-corrected chi connectivity index (χ0v) is 75.3. The van der Waals surface area contributed by atoms with Crippen molar-refractivity contribution in [2.75, 3.05) is 34.5 Å². The number of carbonyl (C=O) groups is 1. The number of ether oxygens (including phenoxy) is 9. The van der Waals surface area contributed by atoms with Crippen molar-refractivity contribution >= 4 is 5.91 Å². The van der Waals surface area contributed by atoms with Crippen molar-refractivity contribution in [3.63, 3.8) is 0 Å². The molecule has 5 aliphatic heterocycles. The average Bonchev–Trinajstić information content (AvgIpc) is 0.846. The molecule has 0 radical (unpaired) electrons. The normalized spacial score (nSPS) is 32.9. The third-order valence-corrected chi connectivity index (χ3v) is 26.8. The van der Waals surface area contributed by atoms with E-state index in [4.69, 9.17) is 47.7 Å². The predicted octanol–water partition coefficient (Wildman–Crippen LogP) is 21.3. The monoisotopic (exact) mass is 1590 g/mol. The van der Waals surface area contributed by atoms with E-state index >= 15 is 0 Å². The van der Waals surface area contributed by atoms with E-state index in [0.717, 1.165) is 51.4 Å². The number of hydrogen-bond acceptors (Lipinski definition) is 16. The number of rotatable bonds is 51. The molecule has 0 aliphatic carbocycles. The molecule has 0 aromatic heterocycles. The van der Waals surface area contributed by atoms with Gasteiger partial charge in [-0.05, 0) is 79.4 Å². The summed E-state index contributed by atoms with van der Waals surface area (Å²) in [5.41, 5.74) is 0. The van der Waals surface area contributed by atoms with Gasteiger partial charge in [0.1, 0.15) is 24.4 Å². The Kier molecular flexibility index (Phi) is 63.4. The van der Waals surface area contributed by atoms with Crippen molar-refractivity contribution < 1.29 is 82.5 Å². The van der Waals surface area contributed by atoms with E-state index in [2.05, 4.69) is 116 Å². The smallest absolute Gasteiger partial charge is 0.220 e. The molecular weight excluding hydrogens is 1410 g/mol. The Balaban J connectivity index is 0.000000941. The Morgan fingerprint density at radius 2 is 0.721 bits per heavy atom. The molecule has 111 heavy (non-hydrogen) atoms. The Labute approximate surface area is 681 Å². The Hall–Kier alpha value is -1.46. The van der Waals surface area contributed by atoms with Gasteiger partial charge in [-0.3, -0.25) is 4.79 Å². The zero-order chi connectivity index (χ0) is 83.2. The van der Waals surface area contributed by atoms with Crippen molar-refractivity contribution in [2.45, 2.75) is 473 Å². The Morgan fingerprint density at radius 1 is 0.396 bits per heavy atom. The number of amides is 1. The maximum Gasteiger partial charge on any atom is 0.220 e. The standard InChI is InChI=1S/C51H101NO8.C11H22O2.C11H20O2.C10H19FO.C10H20O3/c1-4-7-9-11-13-15-17-19-20-21-22-23-24-25-26-27-28-29-31-33-35-37-39-41-46(54)52-43(42-59-51-50(58)49(57)48(56)45(6-3)60-51)47(55)44(53)40-38-36-34-32-30-18-16-14-12-10-8-5-2;2*1-6-10-8(3)7(2)9(4)11(12-5)13-10;1-5-9-7(3)6(2)8(4)10(11)12-9;1-6-7(2)9(5-11)13-10(12-4)8(6)3/h43-45,47-51,53,55-58H,4-42H2,1-3H3,(H,52,54);7-11H,6H2,1-5H3;6-11H,1H2,2-5H3;6-10H,5H2,1-4H3;6-11H,5H2,1-4H3/t43-,44+,45?,47-,48-,49-,50?,51-;2*7-,8+,9?,10?,11-;6-,7+,8?,9?,10?;6-,7+,8?,9?,10-/m00000/s1. The van der Waals surface area contributed by atoms with Gasteiger partial charge in [-0.25, -0.2) is 4.39 Å². The molecule has 0 aromatic carbocycles. The van der Waals surface area contributed by atoms with E-state index in [0.29, 0.717) is 90.5 Å². The fourth-order valence-electron chi connectivity index (χ4n) is 16.9. The van der Waals surface area contributed by atoms with Gasteiger partial charge < -0.3 is 78.6 Å². The first-order valence-electron chi connectivity index (χ1n) is 46.2. The number of halogens is 1. The number of methoxy groups -OCH3 is 3. The molecule has 5 fully saturated rings. The fraction of sp³-hybridized carbons (Fsp3) is 0.968. The van der Waals surface area contributed by atoms with E-state index in [-0.39, 0.29) is 62.2 Å². The minimum atomic E-state index is -1.49. The molecule has 5 saturated heterocycles. The Bertz CT molecular complexity index is 2070. The lowest BCUT2D eigenvalue weighted by Crippen LogP contribution is -2.59. The third-order valence-electron chi connectivity index (χ3n) is 26.8. The summed E-state index contributed by atoms with van der Waals surface area (Å²) < 4.78 is 63.1. The maximum atomic E-state index is 13.2. The lowest BCUT2D eigenvalue weighted by Gasteiger charge is -2.42. The molecule has 7 N–H and O–H groups in total. The summed E-state index contributed by atoms with van der Waals surface area (Å²) in [5, 5.41) is 65.3. The average molecular weight is 1590 g/mol. The minimum Gasteiger partial charge on any atom is -0.394 e. The summed E-state index contributed by atoms with van der Waals surface area (Å²) in [6.07, 6.45) is 40.7. The van der Waals surface area contributed by atoms with Crippen LogP contribution in [-0.2, 0) is 47.4 Å². The van der Waals surface area contributed by atoms with E-state index in [1.807, 2.05) is 13.0 Å². The molecule has 5 rings (SSSR count). The van der Waals surface area contributed by atoms with Gasteiger partial charge in [0.25, 0.3) is 0 Å². The molecule has 0 bridgehead atoms. The number of unbranched alkanes of at least 4 members (excludes halogenated alkanes) is 33. The molecule has 0 saturated carbocycles. The molecule has 5 heterocycles. The first-order valence-corrected chi connectivity index (χ1v) is 46.2. The van der Waals surface area contributed by atoms with Gasteiger partial charge in [0.15, 0.2) is 25.2 Å². The first-order chi connectivity index (χ1) is 53.2. The summed E-state index contributed by atoms with van der Waals surface area (Å²) >= 11 is 0. The summed E-state index contributed by atoms with van der Waals surface area (Å²) in [4.78, 5) is 13.1. The molecule has 5 aliphatic rings. The quantitative estimate of drug-likeness (QED) is 0.0222. The van der Waals surface area contributed by atoms with Gasteiger partial charge in [0, 0.05) is 51.4 Å². The van der Waals surface area contributed by atoms with Crippen LogP contribution in [0.5, 0.6) is 0 Å².